The van der Waals surface area contributed by atoms with Crippen molar-refractivity contribution in [2.45, 2.75) is 135 Å². The molecule has 2 aliphatic heterocycles. The first-order valence-electron chi connectivity index (χ1n) is 16.7. The zero-order chi connectivity index (χ0) is 35.9. The molecule has 49 heavy (non-hydrogen) atoms. The van der Waals surface area contributed by atoms with E-state index in [-0.39, 0.29) is 37.8 Å². The minimum atomic E-state index is -1.86. The second-order valence-electron chi connectivity index (χ2n) is 14.2. The molecule has 2 heterocycles. The number of carbonyl (C=O) groups is 1. The fourth-order valence-corrected chi connectivity index (χ4v) is 7.31. The van der Waals surface area contributed by atoms with Crippen LogP contribution in [0, 0.1) is 11.8 Å². The highest BCUT2D eigenvalue weighted by atomic mass is 16.7. The number of aliphatic hydroxyl groups excluding tert-OH is 7. The Bertz CT molecular complexity index is 1170. The van der Waals surface area contributed by atoms with Crippen LogP contribution in [-0.4, -0.2) is 176 Å². The van der Waals surface area contributed by atoms with E-state index in [1.165, 1.54) is 0 Å². The standard InChI is InChI=1S/C29H53N7O13/c30-11-1-9(2-11)6-35-7-13-19(40)21(42)22(43)27(46-13)49-25-12(31)3-10(4-16(38)29(45)5-15(29)36-28(33)34)24(23(25)44)48-26-20(41)17(32)18(39)14(8-37)47-26/h9-15,17-27,35,37,39-45H,1-8,30-32H2,(H4,33,34,36)/t9?,10-,11?,12-,13+,14+,15?,17-,18+,19+,20+,21-,22+,23+,24-,25?,26+,27+,29?/m0/s1. The second-order valence-corrected chi connectivity index (χ2v) is 14.2. The molecule has 0 aromatic rings. The maximum absolute atomic E-state index is 13.3. The Hall–Kier alpha value is -1.70. The summed E-state index contributed by atoms with van der Waals surface area (Å²) in [4.78, 5) is 17.2. The highest BCUT2D eigenvalue weighted by Gasteiger charge is 2.60. The number of hydrogen-bond donors (Lipinski definition) is 14. The van der Waals surface area contributed by atoms with E-state index >= 15 is 0 Å². The van der Waals surface area contributed by atoms with Gasteiger partial charge in [0.15, 0.2) is 24.3 Å². The van der Waals surface area contributed by atoms with Crippen molar-refractivity contribution in [2.75, 3.05) is 19.7 Å². The molecule has 0 aromatic carbocycles. The van der Waals surface area contributed by atoms with Gasteiger partial charge in [0.25, 0.3) is 0 Å². The summed E-state index contributed by atoms with van der Waals surface area (Å²) in [5.74, 6) is -1.53. The van der Waals surface area contributed by atoms with Gasteiger partial charge in [0.2, 0.25) is 0 Å². The Kier molecular flexibility index (Phi) is 12.2. The van der Waals surface area contributed by atoms with Crippen molar-refractivity contribution in [1.29, 1.82) is 0 Å². The summed E-state index contributed by atoms with van der Waals surface area (Å²) in [7, 11) is 0. The molecule has 0 aromatic heterocycles. The highest BCUT2D eigenvalue weighted by Crippen LogP contribution is 2.43. The molecular formula is C29H53N7O13. The van der Waals surface area contributed by atoms with Crippen LogP contribution in [0.5, 0.6) is 0 Å². The van der Waals surface area contributed by atoms with E-state index in [1.807, 2.05) is 0 Å². The van der Waals surface area contributed by atoms with Gasteiger partial charge in [-0.3, -0.25) is 4.79 Å². The van der Waals surface area contributed by atoms with Gasteiger partial charge in [-0.25, -0.2) is 4.99 Å². The van der Waals surface area contributed by atoms with Crippen LogP contribution in [0.25, 0.3) is 0 Å². The smallest absolute Gasteiger partial charge is 0.187 e. The Balaban J connectivity index is 1.32. The van der Waals surface area contributed by atoms with Gasteiger partial charge in [-0.1, -0.05) is 0 Å². The van der Waals surface area contributed by atoms with Crippen LogP contribution < -0.4 is 34.0 Å². The number of guanidine groups is 1. The predicted molar refractivity (Wildman–Crippen MR) is 167 cm³/mol. The van der Waals surface area contributed by atoms with Gasteiger partial charge in [0.1, 0.15) is 60.5 Å². The molecule has 19 N–H and O–H groups in total. The predicted octanol–water partition coefficient (Wildman–Crippen LogP) is -7.90. The lowest BCUT2D eigenvalue weighted by molar-refractivity contribution is -0.335. The first-order chi connectivity index (χ1) is 23.0. The van der Waals surface area contributed by atoms with Crippen molar-refractivity contribution < 1.29 is 64.6 Å². The molecule has 20 heteroatoms. The first kappa shape index (κ1) is 38.5. The lowest BCUT2D eigenvalue weighted by atomic mass is 9.76. The molecule has 5 aliphatic rings. The van der Waals surface area contributed by atoms with Crippen LogP contribution in [-0.2, 0) is 23.7 Å². The fourth-order valence-electron chi connectivity index (χ4n) is 7.31. The molecule has 2 saturated heterocycles. The summed E-state index contributed by atoms with van der Waals surface area (Å²) in [6.07, 6.45) is -16.7. The number of aliphatic hydroxyl groups is 8. The number of nitrogens with zero attached hydrogens (tertiary/aromatic N) is 1. The highest BCUT2D eigenvalue weighted by molar-refractivity contribution is 5.92. The topological polar surface area (TPSA) is 370 Å². The van der Waals surface area contributed by atoms with Crippen LogP contribution in [0.15, 0.2) is 4.99 Å². The Morgan fingerprint density at radius 3 is 2.08 bits per heavy atom. The summed E-state index contributed by atoms with van der Waals surface area (Å²) >= 11 is 0. The van der Waals surface area contributed by atoms with Crippen LogP contribution in [0.1, 0.15) is 32.1 Å². The van der Waals surface area contributed by atoms with E-state index in [9.17, 15) is 45.6 Å². The normalized spacial score (nSPS) is 49.9. The average Bonchev–Trinajstić information content (AvgIpc) is 3.69. The molecule has 0 bridgehead atoms. The quantitative estimate of drug-likeness (QED) is 0.0624. The van der Waals surface area contributed by atoms with Gasteiger partial charge >= 0.3 is 0 Å². The van der Waals surface area contributed by atoms with E-state index in [4.69, 9.17) is 47.6 Å². The summed E-state index contributed by atoms with van der Waals surface area (Å²) in [5, 5.41) is 88.5. The van der Waals surface area contributed by atoms with Crippen LogP contribution in [0.4, 0.5) is 0 Å². The van der Waals surface area contributed by atoms with Crippen molar-refractivity contribution >= 4 is 11.7 Å². The molecule has 282 valence electrons. The van der Waals surface area contributed by atoms with Crippen molar-refractivity contribution in [3.63, 3.8) is 0 Å². The minimum absolute atomic E-state index is 0.0347. The van der Waals surface area contributed by atoms with Crippen LogP contribution in [0.2, 0.25) is 0 Å². The maximum atomic E-state index is 13.3. The van der Waals surface area contributed by atoms with Crippen molar-refractivity contribution in [1.82, 2.24) is 5.32 Å². The van der Waals surface area contributed by atoms with Gasteiger partial charge in [-0.2, -0.15) is 0 Å². The van der Waals surface area contributed by atoms with Crippen LogP contribution >= 0.6 is 0 Å². The molecule has 5 rings (SSSR count). The number of aliphatic imine (C=N–C) groups is 1. The first-order valence-corrected chi connectivity index (χ1v) is 16.7. The minimum Gasteiger partial charge on any atom is -0.394 e. The molecule has 3 aliphatic carbocycles. The largest absolute Gasteiger partial charge is 0.394 e. The van der Waals surface area contributed by atoms with Gasteiger partial charge in [-0.15, -0.1) is 0 Å². The molecule has 20 nitrogen and oxygen atoms in total. The molecule has 5 fully saturated rings. The number of hydrogen-bond acceptors (Lipinski definition) is 18. The van der Waals surface area contributed by atoms with E-state index in [2.05, 4.69) is 10.3 Å². The number of Topliss-reactive ketones (excluding diaryl/α,β-unsaturated/α-hetero) is 1. The third kappa shape index (κ3) is 8.19. The average molecular weight is 708 g/mol. The summed E-state index contributed by atoms with van der Waals surface area (Å²) < 4.78 is 23.4. The summed E-state index contributed by atoms with van der Waals surface area (Å²) in [5.41, 5.74) is 27.2. The Morgan fingerprint density at radius 1 is 0.816 bits per heavy atom. The number of carbonyl (C=O) groups excluding carboxylic acids is 1. The Morgan fingerprint density at radius 2 is 1.45 bits per heavy atom. The number of rotatable bonds is 13. The van der Waals surface area contributed by atoms with Crippen molar-refractivity contribution in [3.8, 4) is 0 Å². The number of ether oxygens (including phenoxy) is 4. The molecule has 0 spiro atoms. The number of nitrogens with one attached hydrogen (secondary N) is 1. The molecule has 0 amide bonds. The van der Waals surface area contributed by atoms with E-state index in [0.29, 0.717) is 12.5 Å². The van der Waals surface area contributed by atoms with E-state index < -0.39 is 116 Å². The molecule has 3 unspecified atom stereocenters. The van der Waals surface area contributed by atoms with Crippen molar-refractivity contribution in [3.05, 3.63) is 0 Å². The van der Waals surface area contributed by atoms with Gasteiger partial charge in [-0.05, 0) is 37.6 Å². The van der Waals surface area contributed by atoms with E-state index in [1.54, 1.807) is 0 Å². The monoisotopic (exact) mass is 707 g/mol. The zero-order valence-electron chi connectivity index (χ0n) is 27.0. The third-order valence-electron chi connectivity index (χ3n) is 10.5. The van der Waals surface area contributed by atoms with Gasteiger partial charge in [0.05, 0.1) is 24.8 Å². The summed E-state index contributed by atoms with van der Waals surface area (Å²) in [6.45, 7) is 0.0246. The second kappa shape index (κ2) is 15.5. The lowest BCUT2D eigenvalue weighted by Gasteiger charge is -2.49. The number of nitrogens with two attached hydrogens (primary N) is 5. The van der Waals surface area contributed by atoms with Gasteiger partial charge < -0.3 is 93.8 Å². The molecule has 17 atom stereocenters. The van der Waals surface area contributed by atoms with Crippen molar-refractivity contribution in [2.24, 2.45) is 45.5 Å². The SMILES string of the molecule is NC(N)=NC1CC1(O)C(=O)C[C@@H]1C[C@H](N)C(O[C@H]2O[C@H](CNCC3CC(N)C3)[C@@H](O)[C@H](O)[C@H]2O)[C@H](O)[C@H]1O[C@H]1O[C@H](CO)[C@@H](O)[C@H](N)[C@H]1O. The lowest BCUT2D eigenvalue weighted by Crippen LogP contribution is -2.67. The maximum Gasteiger partial charge on any atom is 0.187 e. The molecule has 3 saturated carbocycles. The van der Waals surface area contributed by atoms with Gasteiger partial charge in [0, 0.05) is 31.5 Å². The Labute approximate surface area is 282 Å². The molecule has 0 radical (unpaired) electrons. The molecular weight excluding hydrogens is 654 g/mol. The summed E-state index contributed by atoms with van der Waals surface area (Å²) in [6, 6.07) is -3.05. The zero-order valence-corrected chi connectivity index (χ0v) is 27.0. The third-order valence-corrected chi connectivity index (χ3v) is 10.5. The fraction of sp³-hybridized carbons (Fsp3) is 0.931. The number of ketones is 1. The van der Waals surface area contributed by atoms with E-state index in [0.717, 1.165) is 12.8 Å². The van der Waals surface area contributed by atoms with Crippen LogP contribution in [0.3, 0.4) is 0 Å².